The smallest absolute Gasteiger partial charge is 0.328 e. The number of nitrogens with zero attached hydrogens (tertiary/aromatic N) is 2. The van der Waals surface area contributed by atoms with Crippen LogP contribution in [0, 0.1) is 0 Å². The largest absolute Gasteiger partial charge is 0.480 e. The van der Waals surface area contributed by atoms with Crippen LogP contribution in [-0.2, 0) is 16.6 Å². The summed E-state index contributed by atoms with van der Waals surface area (Å²) in [6, 6.07) is 0.279. The Morgan fingerprint density at radius 2 is 2.05 bits per heavy atom. The molecular formula is C13H15N3O5. The normalized spacial score (nSPS) is 18.3. The van der Waals surface area contributed by atoms with Crippen LogP contribution in [0.4, 0.5) is 0 Å². The molecule has 0 spiro atoms. The predicted molar refractivity (Wildman–Crippen MR) is 70.9 cm³/mol. The molecule has 8 nitrogen and oxygen atoms in total. The molecule has 2 heterocycles. The lowest BCUT2D eigenvalue weighted by Gasteiger charge is -2.32. The number of amides is 2. The third kappa shape index (κ3) is 2.78. The summed E-state index contributed by atoms with van der Waals surface area (Å²) in [6.45, 7) is 0.915. The van der Waals surface area contributed by atoms with Gasteiger partial charge in [0.05, 0.1) is 0 Å². The Kier molecular flexibility index (Phi) is 3.79. The third-order valence-corrected chi connectivity index (χ3v) is 3.36. The molecule has 8 heteroatoms. The zero-order chi connectivity index (χ0) is 15.7. The third-order valence-electron chi connectivity index (χ3n) is 3.36. The second-order valence-electron chi connectivity index (χ2n) is 4.87. The first-order valence-corrected chi connectivity index (χ1v) is 6.29. The molecule has 0 saturated carbocycles. The fourth-order valence-electron chi connectivity index (χ4n) is 2.19. The van der Waals surface area contributed by atoms with Crippen LogP contribution in [0.5, 0.6) is 0 Å². The number of aryl methyl sites for hydroxylation is 1. The average Bonchev–Trinajstić information content (AvgIpc) is 2.79. The van der Waals surface area contributed by atoms with Gasteiger partial charge < -0.3 is 19.9 Å². The number of piperazine rings is 1. The zero-order valence-electron chi connectivity index (χ0n) is 11.6. The van der Waals surface area contributed by atoms with Gasteiger partial charge in [-0.05, 0) is 13.0 Å². The minimum atomic E-state index is -1.19. The van der Waals surface area contributed by atoms with Crippen LogP contribution in [-0.4, -0.2) is 57.3 Å². The molecule has 0 radical (unpaired) electrons. The molecule has 1 aliphatic rings. The van der Waals surface area contributed by atoms with E-state index in [1.807, 2.05) is 0 Å². The van der Waals surface area contributed by atoms with Gasteiger partial charge in [-0.2, -0.15) is 0 Å². The number of nitrogens with one attached hydrogen (secondary N) is 1. The van der Waals surface area contributed by atoms with Crippen molar-refractivity contribution in [1.82, 2.24) is 14.8 Å². The molecular weight excluding hydrogens is 278 g/mol. The van der Waals surface area contributed by atoms with Crippen molar-refractivity contribution in [3.05, 3.63) is 23.5 Å². The molecule has 1 aliphatic heterocycles. The fraction of sp³-hybridized carbons (Fsp3) is 0.385. The summed E-state index contributed by atoms with van der Waals surface area (Å²) in [7, 11) is 1.58. The number of hydrogen-bond donors (Lipinski definition) is 2. The lowest BCUT2D eigenvalue weighted by Crippen LogP contribution is -2.59. The topological polar surface area (TPSA) is 109 Å². The molecule has 21 heavy (non-hydrogen) atoms. The Morgan fingerprint density at radius 1 is 1.38 bits per heavy atom. The van der Waals surface area contributed by atoms with Gasteiger partial charge in [0.1, 0.15) is 18.3 Å². The van der Waals surface area contributed by atoms with Crippen molar-refractivity contribution in [2.24, 2.45) is 7.05 Å². The summed E-state index contributed by atoms with van der Waals surface area (Å²) in [4.78, 5) is 47.4. The predicted octanol–water partition coefficient (Wildman–Crippen LogP) is -0.747. The monoisotopic (exact) mass is 293 g/mol. The number of carboxylic acid groups (broad SMARTS) is 1. The lowest BCUT2D eigenvalue weighted by molar-refractivity contribution is -0.144. The molecule has 2 N–H and O–H groups in total. The van der Waals surface area contributed by atoms with Crippen LogP contribution in [0.15, 0.2) is 12.3 Å². The number of carbonyl (C=O) groups excluding carboxylic acids is 3. The molecule has 2 amide bonds. The van der Waals surface area contributed by atoms with Gasteiger partial charge >= 0.3 is 5.97 Å². The second-order valence-corrected chi connectivity index (χ2v) is 4.87. The highest BCUT2D eigenvalue weighted by molar-refractivity contribution is 6.02. The van der Waals surface area contributed by atoms with E-state index in [0.29, 0.717) is 5.56 Å². The van der Waals surface area contributed by atoms with Crippen molar-refractivity contribution in [3.8, 4) is 0 Å². The fourth-order valence-corrected chi connectivity index (χ4v) is 2.19. The second kappa shape index (κ2) is 5.39. The van der Waals surface area contributed by atoms with Crippen molar-refractivity contribution in [2.45, 2.75) is 13.0 Å². The molecule has 112 valence electrons. The molecule has 1 aromatic heterocycles. The van der Waals surface area contributed by atoms with Crippen LogP contribution in [0.25, 0.3) is 0 Å². The van der Waals surface area contributed by atoms with Crippen LogP contribution in [0.3, 0.4) is 0 Å². The first kappa shape index (κ1) is 14.8. The summed E-state index contributed by atoms with van der Waals surface area (Å²) >= 11 is 0. The first-order chi connectivity index (χ1) is 9.81. The molecule has 0 aliphatic carbocycles. The Morgan fingerprint density at radius 3 is 2.57 bits per heavy atom. The van der Waals surface area contributed by atoms with Crippen molar-refractivity contribution < 1.29 is 24.3 Å². The summed E-state index contributed by atoms with van der Waals surface area (Å²) < 4.78 is 1.45. The van der Waals surface area contributed by atoms with E-state index in [0.717, 1.165) is 4.90 Å². The number of carboxylic acids is 1. The molecule has 1 unspecified atom stereocenters. The average molecular weight is 293 g/mol. The van der Waals surface area contributed by atoms with E-state index in [2.05, 4.69) is 5.32 Å². The van der Waals surface area contributed by atoms with Gasteiger partial charge in [-0.15, -0.1) is 0 Å². The molecule has 1 fully saturated rings. The summed E-state index contributed by atoms with van der Waals surface area (Å²) in [5.74, 6) is -2.39. The van der Waals surface area contributed by atoms with E-state index < -0.39 is 23.8 Å². The number of ketones is 1. The quantitative estimate of drug-likeness (QED) is 0.713. The Labute approximate surface area is 120 Å². The van der Waals surface area contributed by atoms with Gasteiger partial charge in [-0.1, -0.05) is 0 Å². The molecule has 1 atom stereocenters. The Bertz CT molecular complexity index is 634. The van der Waals surface area contributed by atoms with Crippen molar-refractivity contribution in [2.75, 3.05) is 13.1 Å². The van der Waals surface area contributed by atoms with Crippen LogP contribution < -0.4 is 5.32 Å². The number of rotatable bonds is 3. The van der Waals surface area contributed by atoms with Gasteiger partial charge in [0.25, 0.3) is 5.91 Å². The van der Waals surface area contributed by atoms with E-state index in [9.17, 15) is 19.2 Å². The van der Waals surface area contributed by atoms with Gasteiger partial charge in [0.15, 0.2) is 5.78 Å². The summed E-state index contributed by atoms with van der Waals surface area (Å²) in [5.41, 5.74) is 0.523. The van der Waals surface area contributed by atoms with Crippen LogP contribution >= 0.6 is 0 Å². The highest BCUT2D eigenvalue weighted by Crippen LogP contribution is 2.14. The van der Waals surface area contributed by atoms with E-state index >= 15 is 0 Å². The van der Waals surface area contributed by atoms with Crippen LogP contribution in [0.2, 0.25) is 0 Å². The number of hydrogen-bond acceptors (Lipinski definition) is 4. The highest BCUT2D eigenvalue weighted by Gasteiger charge is 2.36. The van der Waals surface area contributed by atoms with Crippen molar-refractivity contribution in [3.63, 3.8) is 0 Å². The summed E-state index contributed by atoms with van der Waals surface area (Å²) in [6.07, 6.45) is 1.50. The van der Waals surface area contributed by atoms with E-state index in [4.69, 9.17) is 5.11 Å². The van der Waals surface area contributed by atoms with Gasteiger partial charge in [0, 0.05) is 25.4 Å². The zero-order valence-corrected chi connectivity index (χ0v) is 11.6. The Hall–Kier alpha value is -2.64. The van der Waals surface area contributed by atoms with E-state index in [1.54, 1.807) is 7.05 Å². The van der Waals surface area contributed by atoms with Crippen LogP contribution in [0.1, 0.15) is 27.8 Å². The number of aliphatic carboxylic acids is 1. The van der Waals surface area contributed by atoms with Crippen molar-refractivity contribution in [1.29, 1.82) is 0 Å². The number of carbonyl (C=O) groups is 4. The maximum absolute atomic E-state index is 12.5. The SMILES string of the molecule is CC(=O)c1cc(C(=O)N2CC(=O)NCC2C(=O)O)n(C)c1. The Balaban J connectivity index is 2.34. The van der Waals surface area contributed by atoms with Crippen molar-refractivity contribution >= 4 is 23.6 Å². The van der Waals surface area contributed by atoms with Gasteiger partial charge in [0.2, 0.25) is 5.91 Å². The molecule has 1 aromatic rings. The van der Waals surface area contributed by atoms with E-state index in [1.165, 1.54) is 23.8 Å². The van der Waals surface area contributed by atoms with Gasteiger partial charge in [-0.25, -0.2) is 4.79 Å². The molecule has 0 bridgehead atoms. The first-order valence-electron chi connectivity index (χ1n) is 6.29. The number of aromatic nitrogens is 1. The minimum absolute atomic E-state index is 0.135. The molecule has 1 saturated heterocycles. The lowest BCUT2D eigenvalue weighted by atomic mass is 10.1. The summed E-state index contributed by atoms with van der Waals surface area (Å²) in [5, 5.41) is 11.6. The standard InChI is InChI=1S/C13H15N3O5/c1-7(17)8-3-9(15(2)5-8)12(19)16-6-11(18)14-4-10(16)13(20)21/h3,5,10H,4,6H2,1-2H3,(H,14,18)(H,20,21). The maximum atomic E-state index is 12.5. The molecule has 2 rings (SSSR count). The minimum Gasteiger partial charge on any atom is -0.480 e. The highest BCUT2D eigenvalue weighted by atomic mass is 16.4. The number of Topliss-reactive ketones (excluding diaryl/α,β-unsaturated/α-hetero) is 1. The van der Waals surface area contributed by atoms with E-state index in [-0.39, 0.29) is 24.6 Å². The maximum Gasteiger partial charge on any atom is 0.328 e. The van der Waals surface area contributed by atoms with Gasteiger partial charge in [-0.3, -0.25) is 14.4 Å². The molecule has 0 aromatic carbocycles.